The minimum atomic E-state index is -4.41. The van der Waals surface area contributed by atoms with E-state index in [4.69, 9.17) is 11.3 Å². The molecule has 4 rings (SSSR count). The van der Waals surface area contributed by atoms with Crippen LogP contribution in [0.3, 0.4) is 0 Å². The highest BCUT2D eigenvalue weighted by atomic mass is 32.2. The quantitative estimate of drug-likeness (QED) is 0.222. The van der Waals surface area contributed by atoms with Gasteiger partial charge in [0.05, 0.1) is 11.5 Å². The van der Waals surface area contributed by atoms with Gasteiger partial charge < -0.3 is 9.58 Å². The number of sulfonamides is 1. The molecule has 0 aliphatic heterocycles. The van der Waals surface area contributed by atoms with Gasteiger partial charge in [0, 0.05) is 23.6 Å². The highest BCUT2D eigenvalue weighted by molar-refractivity contribution is 7.90. The monoisotopic (exact) mass is 532 g/mol. The van der Waals surface area contributed by atoms with Crippen LogP contribution in [0.25, 0.3) is 21.7 Å². The number of ether oxygens (including phenoxy) is 1. The Bertz CT molecular complexity index is 1680. The summed E-state index contributed by atoms with van der Waals surface area (Å²) in [7, 11) is -4.41. The number of nitrogens with one attached hydrogen (secondary N) is 1. The molecular weight excluding hydrogens is 510 g/mol. The summed E-state index contributed by atoms with van der Waals surface area (Å²) in [6.07, 6.45) is 2.99. The Morgan fingerprint density at radius 1 is 0.921 bits per heavy atom. The molecule has 0 spiro atoms. The molecule has 6 nitrogen and oxygen atoms in total. The van der Waals surface area contributed by atoms with Gasteiger partial charge in [-0.05, 0) is 46.7 Å². The summed E-state index contributed by atoms with van der Waals surface area (Å²) in [5.41, 5.74) is 2.31. The van der Waals surface area contributed by atoms with Crippen molar-refractivity contribution in [1.29, 1.82) is 0 Å². The van der Waals surface area contributed by atoms with Crippen molar-refractivity contribution in [3.05, 3.63) is 125 Å². The summed E-state index contributed by atoms with van der Waals surface area (Å²) < 4.78 is 59.0. The lowest BCUT2D eigenvalue weighted by atomic mass is 10.1. The molecule has 0 aliphatic rings. The molecule has 0 aromatic heterocycles. The standard InChI is InChI=1S/C29H22F2N2O4S/c1-32-19-21-7-9-23(10-13-29(34)33-38(35,36)25-11-12-26(30)27(31)18-25)28(17-21)37-15-14-20-6-8-22-4-2-3-5-24(22)16-20/h2-13,16-18H,14-15,19H2,(H,33,34)/b13-10+. The van der Waals surface area contributed by atoms with Gasteiger partial charge in [-0.25, -0.2) is 28.5 Å². The lowest BCUT2D eigenvalue weighted by Crippen LogP contribution is -2.29. The minimum absolute atomic E-state index is 0.151. The van der Waals surface area contributed by atoms with Crippen molar-refractivity contribution >= 4 is 32.8 Å². The second-order valence-electron chi connectivity index (χ2n) is 8.35. The van der Waals surface area contributed by atoms with Crippen LogP contribution in [-0.4, -0.2) is 20.9 Å². The summed E-state index contributed by atoms with van der Waals surface area (Å²) in [6, 6.07) is 21.3. The van der Waals surface area contributed by atoms with E-state index in [0.717, 1.165) is 34.0 Å². The largest absolute Gasteiger partial charge is 0.493 e. The third-order valence-electron chi connectivity index (χ3n) is 5.65. The second kappa shape index (κ2) is 11.7. The number of carbonyl (C=O) groups excluding carboxylic acids is 1. The first-order valence-corrected chi connectivity index (χ1v) is 13.0. The predicted octanol–water partition coefficient (Wildman–Crippen LogP) is 5.68. The Labute approximate surface area is 219 Å². The SMILES string of the molecule is [C-]#[N+]Cc1ccc(/C=C/C(=O)NS(=O)(=O)c2ccc(F)c(F)c2)c(OCCc2ccc3ccccc3c2)c1. The Hall–Kier alpha value is -4.55. The maximum absolute atomic E-state index is 13.4. The maximum atomic E-state index is 13.4. The maximum Gasteiger partial charge on any atom is 0.264 e. The number of amides is 1. The first-order chi connectivity index (χ1) is 18.2. The molecule has 0 radical (unpaired) electrons. The van der Waals surface area contributed by atoms with E-state index >= 15 is 0 Å². The van der Waals surface area contributed by atoms with E-state index in [0.29, 0.717) is 36.5 Å². The Kier molecular flexibility index (Phi) is 8.14. The zero-order valence-corrected chi connectivity index (χ0v) is 20.8. The van der Waals surface area contributed by atoms with Crippen LogP contribution in [0, 0.1) is 18.2 Å². The fourth-order valence-corrected chi connectivity index (χ4v) is 4.70. The highest BCUT2D eigenvalue weighted by Gasteiger charge is 2.18. The Morgan fingerprint density at radius 3 is 2.45 bits per heavy atom. The molecule has 1 amide bonds. The van der Waals surface area contributed by atoms with E-state index in [9.17, 15) is 22.0 Å². The van der Waals surface area contributed by atoms with Crippen LogP contribution < -0.4 is 9.46 Å². The lowest BCUT2D eigenvalue weighted by Gasteiger charge is -2.11. The average Bonchev–Trinajstić information content (AvgIpc) is 2.89. The average molecular weight is 533 g/mol. The zero-order chi connectivity index (χ0) is 27.1. The zero-order valence-electron chi connectivity index (χ0n) is 20.0. The number of benzene rings is 4. The number of hydrogen-bond donors (Lipinski definition) is 1. The number of halogens is 2. The molecule has 4 aromatic rings. The molecule has 0 bridgehead atoms. The summed E-state index contributed by atoms with van der Waals surface area (Å²) >= 11 is 0. The third kappa shape index (κ3) is 6.60. The Balaban J connectivity index is 1.47. The van der Waals surface area contributed by atoms with Crippen molar-refractivity contribution < 1.29 is 26.7 Å². The van der Waals surface area contributed by atoms with Gasteiger partial charge in [0.2, 0.25) is 6.54 Å². The van der Waals surface area contributed by atoms with Gasteiger partial charge in [-0.3, -0.25) is 4.79 Å². The van der Waals surface area contributed by atoms with Gasteiger partial charge in [-0.1, -0.05) is 54.6 Å². The van der Waals surface area contributed by atoms with Gasteiger partial charge >= 0.3 is 0 Å². The fraction of sp³-hybridized carbons (Fsp3) is 0.103. The van der Waals surface area contributed by atoms with Crippen molar-refractivity contribution in [2.24, 2.45) is 0 Å². The fourth-order valence-electron chi connectivity index (χ4n) is 3.74. The van der Waals surface area contributed by atoms with Gasteiger partial charge in [0.25, 0.3) is 15.9 Å². The molecule has 0 fully saturated rings. The van der Waals surface area contributed by atoms with Crippen molar-refractivity contribution in [3.63, 3.8) is 0 Å². The molecule has 9 heteroatoms. The van der Waals surface area contributed by atoms with E-state index < -0.39 is 32.5 Å². The van der Waals surface area contributed by atoms with Crippen molar-refractivity contribution in [1.82, 2.24) is 4.72 Å². The molecule has 0 aliphatic carbocycles. The number of fused-ring (bicyclic) bond motifs is 1. The van der Waals surface area contributed by atoms with Gasteiger partial charge in [-0.2, -0.15) is 0 Å². The van der Waals surface area contributed by atoms with Crippen LogP contribution in [0.5, 0.6) is 5.75 Å². The summed E-state index contributed by atoms with van der Waals surface area (Å²) in [5, 5.41) is 2.26. The number of nitrogens with zero attached hydrogens (tertiary/aromatic N) is 1. The molecular formula is C29H22F2N2O4S. The van der Waals surface area contributed by atoms with Crippen molar-refractivity contribution in [3.8, 4) is 5.75 Å². The molecule has 0 heterocycles. The van der Waals surface area contributed by atoms with Gasteiger partial charge in [-0.15, -0.1) is 0 Å². The van der Waals surface area contributed by atoms with Crippen LogP contribution in [0.4, 0.5) is 8.78 Å². The van der Waals surface area contributed by atoms with Crippen LogP contribution in [-0.2, 0) is 27.8 Å². The lowest BCUT2D eigenvalue weighted by molar-refractivity contribution is -0.114. The first kappa shape index (κ1) is 26.5. The normalized spacial score (nSPS) is 11.4. The smallest absolute Gasteiger partial charge is 0.264 e. The molecule has 0 atom stereocenters. The van der Waals surface area contributed by atoms with Crippen molar-refractivity contribution in [2.75, 3.05) is 6.61 Å². The van der Waals surface area contributed by atoms with E-state index in [1.54, 1.807) is 22.9 Å². The Morgan fingerprint density at radius 2 is 1.68 bits per heavy atom. The van der Waals surface area contributed by atoms with Crippen LogP contribution in [0.15, 0.2) is 89.8 Å². The second-order valence-corrected chi connectivity index (χ2v) is 10.0. The molecule has 1 N–H and O–H groups in total. The van der Waals surface area contributed by atoms with E-state index in [1.807, 2.05) is 36.4 Å². The molecule has 0 saturated heterocycles. The summed E-state index contributed by atoms with van der Waals surface area (Å²) in [5.74, 6) is -3.10. The molecule has 192 valence electrons. The van der Waals surface area contributed by atoms with Crippen LogP contribution in [0.2, 0.25) is 0 Å². The molecule has 0 unspecified atom stereocenters. The van der Waals surface area contributed by atoms with E-state index in [-0.39, 0.29) is 6.54 Å². The van der Waals surface area contributed by atoms with Crippen molar-refractivity contribution in [2.45, 2.75) is 17.9 Å². The molecule has 4 aromatic carbocycles. The highest BCUT2D eigenvalue weighted by Crippen LogP contribution is 2.24. The number of carbonyl (C=O) groups is 1. The predicted molar refractivity (Wildman–Crippen MR) is 141 cm³/mol. The topological polar surface area (TPSA) is 76.8 Å². The number of rotatable bonds is 9. The van der Waals surface area contributed by atoms with Gasteiger partial charge in [0.1, 0.15) is 5.75 Å². The number of hydrogen-bond acceptors (Lipinski definition) is 4. The minimum Gasteiger partial charge on any atom is -0.493 e. The van der Waals surface area contributed by atoms with E-state index in [1.165, 1.54) is 6.08 Å². The van der Waals surface area contributed by atoms with Crippen LogP contribution in [0.1, 0.15) is 16.7 Å². The summed E-state index contributed by atoms with van der Waals surface area (Å²) in [4.78, 5) is 15.1. The third-order valence-corrected chi connectivity index (χ3v) is 7.00. The van der Waals surface area contributed by atoms with E-state index in [2.05, 4.69) is 10.9 Å². The van der Waals surface area contributed by atoms with Crippen LogP contribution >= 0.6 is 0 Å². The first-order valence-electron chi connectivity index (χ1n) is 11.5. The van der Waals surface area contributed by atoms with Gasteiger partial charge in [0.15, 0.2) is 11.6 Å². The molecule has 38 heavy (non-hydrogen) atoms. The summed E-state index contributed by atoms with van der Waals surface area (Å²) in [6.45, 7) is 7.59. The molecule has 0 saturated carbocycles.